The van der Waals surface area contributed by atoms with E-state index in [2.05, 4.69) is 20.5 Å². The number of fused-ring (bicyclic) bond motifs is 1. The highest BCUT2D eigenvalue weighted by atomic mass is 35.5. The van der Waals surface area contributed by atoms with E-state index in [1.165, 1.54) is 24.4 Å². The second-order valence-corrected chi connectivity index (χ2v) is 9.21. The summed E-state index contributed by atoms with van der Waals surface area (Å²) in [5.74, 6) is -0.281. The molecule has 2 aromatic carbocycles. The molecule has 7 nitrogen and oxygen atoms in total. The van der Waals surface area contributed by atoms with E-state index in [0.717, 1.165) is 16.5 Å². The Morgan fingerprint density at radius 3 is 2.57 bits per heavy atom. The molecule has 0 saturated carbocycles. The van der Waals surface area contributed by atoms with Crippen LogP contribution in [0.3, 0.4) is 0 Å². The summed E-state index contributed by atoms with van der Waals surface area (Å²) < 4.78 is 25.7. The molecule has 0 aliphatic heterocycles. The molecule has 2 heterocycles. The summed E-state index contributed by atoms with van der Waals surface area (Å²) in [4.78, 5) is 16.8. The first-order chi connectivity index (χ1) is 14.3. The van der Waals surface area contributed by atoms with E-state index in [-0.39, 0.29) is 22.2 Å². The molecule has 152 valence electrons. The molecule has 0 aliphatic rings. The molecule has 9 heteroatoms. The summed E-state index contributed by atoms with van der Waals surface area (Å²) in [7, 11) is -3.68. The van der Waals surface area contributed by atoms with Gasteiger partial charge < -0.3 is 5.32 Å². The Hall–Kier alpha value is -3.23. The predicted molar refractivity (Wildman–Crippen MR) is 113 cm³/mol. The Labute approximate surface area is 178 Å². The highest BCUT2D eigenvalue weighted by molar-refractivity contribution is 7.91. The minimum absolute atomic E-state index is 0.149. The first-order valence-corrected chi connectivity index (χ1v) is 10.9. The summed E-state index contributed by atoms with van der Waals surface area (Å²) in [6, 6.07) is 12.8. The van der Waals surface area contributed by atoms with Crippen LogP contribution >= 0.6 is 11.6 Å². The van der Waals surface area contributed by atoms with Gasteiger partial charge in [0.2, 0.25) is 9.84 Å². The molecule has 2 aromatic heterocycles. The largest absolute Gasteiger partial charge is 0.348 e. The van der Waals surface area contributed by atoms with Gasteiger partial charge in [0.05, 0.1) is 21.6 Å². The lowest BCUT2D eigenvalue weighted by Crippen LogP contribution is -2.22. The van der Waals surface area contributed by atoms with Crippen LogP contribution < -0.4 is 5.32 Å². The number of hydrogen-bond donors (Lipinski definition) is 2. The summed E-state index contributed by atoms with van der Waals surface area (Å²) in [6.07, 6.45) is 3.07. The number of carbonyl (C=O) groups is 1. The van der Waals surface area contributed by atoms with E-state index in [1.54, 1.807) is 43.5 Å². The monoisotopic (exact) mass is 440 g/mol. The zero-order valence-corrected chi connectivity index (χ0v) is 17.5. The summed E-state index contributed by atoms with van der Waals surface area (Å²) in [5, 5.41) is 10.5. The van der Waals surface area contributed by atoms with Crippen LogP contribution in [0.5, 0.6) is 0 Å². The number of nitrogens with one attached hydrogen (secondary N) is 2. The number of aryl methyl sites for hydroxylation is 1. The number of amides is 1. The quantitative estimate of drug-likeness (QED) is 0.492. The smallest absolute Gasteiger partial charge is 0.253 e. The van der Waals surface area contributed by atoms with Gasteiger partial charge in [-0.05, 0) is 54.4 Å². The van der Waals surface area contributed by atoms with E-state index >= 15 is 0 Å². The minimum atomic E-state index is -3.68. The number of hydrogen-bond acceptors (Lipinski definition) is 5. The Bertz CT molecular complexity index is 1330. The first kappa shape index (κ1) is 20.1. The topological polar surface area (TPSA) is 105 Å². The number of H-pyrrole nitrogens is 1. The lowest BCUT2D eigenvalue weighted by atomic mass is 10.2. The number of rotatable bonds is 5. The molecule has 30 heavy (non-hydrogen) atoms. The molecule has 0 fully saturated rings. The van der Waals surface area contributed by atoms with Gasteiger partial charge in [-0.1, -0.05) is 23.7 Å². The predicted octanol–water partition coefficient (Wildman–Crippen LogP) is 3.68. The van der Waals surface area contributed by atoms with Gasteiger partial charge in [-0.25, -0.2) is 13.4 Å². The zero-order chi connectivity index (χ0) is 21.3. The second kappa shape index (κ2) is 7.89. The SMILES string of the molecule is Cc1cc(Cl)cc(S(=O)(=O)c2ccc(CNC(=O)c3cnc4[nH]ncc4c3)cc2)c1. The van der Waals surface area contributed by atoms with Crippen molar-refractivity contribution in [3.05, 3.63) is 82.6 Å². The highest BCUT2D eigenvalue weighted by Gasteiger charge is 2.18. The van der Waals surface area contributed by atoms with Crippen LogP contribution in [-0.2, 0) is 16.4 Å². The van der Waals surface area contributed by atoms with Crippen LogP contribution in [0.4, 0.5) is 0 Å². The molecular formula is C21H17ClN4O3S. The van der Waals surface area contributed by atoms with Crippen molar-refractivity contribution in [2.45, 2.75) is 23.3 Å². The van der Waals surface area contributed by atoms with Crippen molar-refractivity contribution in [3.63, 3.8) is 0 Å². The molecule has 0 spiro atoms. The molecule has 4 rings (SSSR count). The standard InChI is InChI=1S/C21H17ClN4O3S/c1-13-6-17(22)9-19(7-13)30(28,29)18-4-2-14(3-5-18)10-24-21(27)16-8-15-12-25-26-20(15)23-11-16/h2-9,11-12H,10H2,1H3,(H,24,27)(H,23,25,26). The van der Waals surface area contributed by atoms with Gasteiger partial charge in [0.1, 0.15) is 0 Å². The lowest BCUT2D eigenvalue weighted by molar-refractivity contribution is 0.0950. The van der Waals surface area contributed by atoms with Gasteiger partial charge >= 0.3 is 0 Å². The minimum Gasteiger partial charge on any atom is -0.348 e. The van der Waals surface area contributed by atoms with Crippen LogP contribution in [0.15, 0.2) is 70.7 Å². The fraction of sp³-hybridized carbons (Fsp3) is 0.0952. The number of aromatic nitrogens is 3. The summed E-state index contributed by atoms with van der Waals surface area (Å²) in [6.45, 7) is 2.04. The number of aromatic amines is 1. The van der Waals surface area contributed by atoms with E-state index in [4.69, 9.17) is 11.6 Å². The third-order valence-electron chi connectivity index (χ3n) is 4.57. The van der Waals surface area contributed by atoms with Crippen molar-refractivity contribution in [2.75, 3.05) is 0 Å². The molecular weight excluding hydrogens is 424 g/mol. The van der Waals surface area contributed by atoms with E-state index in [1.807, 2.05) is 0 Å². The molecule has 0 aliphatic carbocycles. The number of sulfone groups is 1. The molecule has 4 aromatic rings. The maximum absolute atomic E-state index is 12.8. The third-order valence-corrected chi connectivity index (χ3v) is 6.53. The molecule has 0 unspecified atom stereocenters. The second-order valence-electron chi connectivity index (χ2n) is 6.83. The number of benzene rings is 2. The van der Waals surface area contributed by atoms with Crippen LogP contribution in [0, 0.1) is 6.92 Å². The van der Waals surface area contributed by atoms with E-state index in [9.17, 15) is 13.2 Å². The number of pyridine rings is 1. The fourth-order valence-electron chi connectivity index (χ4n) is 3.03. The van der Waals surface area contributed by atoms with Gasteiger partial charge in [0.15, 0.2) is 5.65 Å². The molecule has 0 radical (unpaired) electrons. The Balaban J connectivity index is 1.47. The first-order valence-electron chi connectivity index (χ1n) is 9.01. The van der Waals surface area contributed by atoms with Gasteiger partial charge in [0, 0.05) is 23.2 Å². The molecule has 0 saturated heterocycles. The van der Waals surface area contributed by atoms with Crippen molar-refractivity contribution < 1.29 is 13.2 Å². The number of halogens is 1. The molecule has 0 atom stereocenters. The van der Waals surface area contributed by atoms with Crippen molar-refractivity contribution >= 4 is 38.4 Å². The summed E-state index contributed by atoms with van der Waals surface area (Å²) >= 11 is 6.00. The average molecular weight is 441 g/mol. The van der Waals surface area contributed by atoms with Crippen LogP contribution in [0.1, 0.15) is 21.5 Å². The molecule has 2 N–H and O–H groups in total. The van der Waals surface area contributed by atoms with Gasteiger partial charge in [-0.3, -0.25) is 9.89 Å². The van der Waals surface area contributed by atoms with Crippen LogP contribution in [0.25, 0.3) is 11.0 Å². The van der Waals surface area contributed by atoms with Crippen molar-refractivity contribution in [1.82, 2.24) is 20.5 Å². The Kier molecular flexibility index (Phi) is 5.27. The van der Waals surface area contributed by atoms with Crippen molar-refractivity contribution in [3.8, 4) is 0 Å². The van der Waals surface area contributed by atoms with Gasteiger partial charge in [-0.2, -0.15) is 5.10 Å². The maximum Gasteiger partial charge on any atom is 0.253 e. The van der Waals surface area contributed by atoms with Crippen molar-refractivity contribution in [2.24, 2.45) is 0 Å². The van der Waals surface area contributed by atoms with Crippen LogP contribution in [-0.4, -0.2) is 29.5 Å². The lowest BCUT2D eigenvalue weighted by Gasteiger charge is -2.09. The molecule has 0 bridgehead atoms. The van der Waals surface area contributed by atoms with Gasteiger partial charge in [-0.15, -0.1) is 0 Å². The average Bonchev–Trinajstić information content (AvgIpc) is 3.19. The molecule has 1 amide bonds. The van der Waals surface area contributed by atoms with Gasteiger partial charge in [0.25, 0.3) is 5.91 Å². The summed E-state index contributed by atoms with van der Waals surface area (Å²) in [5.41, 5.74) is 2.56. The highest BCUT2D eigenvalue weighted by Crippen LogP contribution is 2.25. The number of carbonyl (C=O) groups excluding carboxylic acids is 1. The number of nitrogens with zero attached hydrogens (tertiary/aromatic N) is 2. The Morgan fingerprint density at radius 2 is 1.83 bits per heavy atom. The zero-order valence-electron chi connectivity index (χ0n) is 15.9. The van der Waals surface area contributed by atoms with E-state index in [0.29, 0.717) is 16.2 Å². The van der Waals surface area contributed by atoms with Crippen molar-refractivity contribution in [1.29, 1.82) is 0 Å². The Morgan fingerprint density at radius 1 is 1.07 bits per heavy atom. The van der Waals surface area contributed by atoms with E-state index < -0.39 is 9.84 Å². The fourth-order valence-corrected chi connectivity index (χ4v) is 4.77. The normalized spacial score (nSPS) is 11.5. The van der Waals surface area contributed by atoms with Crippen LogP contribution in [0.2, 0.25) is 5.02 Å². The third kappa shape index (κ3) is 4.05. The maximum atomic E-state index is 12.8.